The first-order valence-corrected chi connectivity index (χ1v) is 9.82. The number of thiophene rings is 1. The zero-order valence-electron chi connectivity index (χ0n) is 14.8. The van der Waals surface area contributed by atoms with Gasteiger partial charge in [0.1, 0.15) is 12.1 Å². The van der Waals surface area contributed by atoms with Gasteiger partial charge in [0.25, 0.3) is 0 Å². The molecule has 0 N–H and O–H groups in total. The molecule has 0 aliphatic carbocycles. The average Bonchev–Trinajstić information content (AvgIpc) is 3.27. The molecule has 2 unspecified atom stereocenters. The largest absolute Gasteiger partial charge is 0.356 e. The highest BCUT2D eigenvalue weighted by atomic mass is 32.1. The normalized spacial score (nSPS) is 22.5. The summed E-state index contributed by atoms with van der Waals surface area (Å²) in [5.41, 5.74) is 2.31. The van der Waals surface area contributed by atoms with Crippen molar-refractivity contribution in [1.29, 1.82) is 0 Å². The van der Waals surface area contributed by atoms with E-state index in [2.05, 4.69) is 38.1 Å². The Balaban J connectivity index is 1.31. The molecule has 2 aliphatic rings. The summed E-state index contributed by atoms with van der Waals surface area (Å²) in [6.07, 6.45) is 3.15. The zero-order chi connectivity index (χ0) is 17.4. The van der Waals surface area contributed by atoms with Gasteiger partial charge in [-0.3, -0.25) is 4.79 Å². The minimum Gasteiger partial charge on any atom is -0.356 e. The van der Waals surface area contributed by atoms with Crippen LogP contribution in [0.2, 0.25) is 0 Å². The molecule has 25 heavy (non-hydrogen) atoms. The lowest BCUT2D eigenvalue weighted by molar-refractivity contribution is -0.130. The van der Waals surface area contributed by atoms with Crippen LogP contribution in [0.4, 0.5) is 5.82 Å². The van der Waals surface area contributed by atoms with Crippen molar-refractivity contribution in [1.82, 2.24) is 14.9 Å². The number of rotatable bonds is 4. The Labute approximate surface area is 152 Å². The maximum atomic E-state index is 12.6. The van der Waals surface area contributed by atoms with Gasteiger partial charge in [0.05, 0.1) is 0 Å². The Bertz CT molecular complexity index is 760. The second kappa shape index (κ2) is 6.75. The van der Waals surface area contributed by atoms with E-state index in [1.807, 2.05) is 13.0 Å². The van der Waals surface area contributed by atoms with Crippen LogP contribution < -0.4 is 4.90 Å². The molecule has 2 fully saturated rings. The first kappa shape index (κ1) is 16.5. The van der Waals surface area contributed by atoms with Crippen LogP contribution in [0, 0.1) is 25.7 Å². The van der Waals surface area contributed by atoms with Crippen LogP contribution in [-0.2, 0) is 11.2 Å². The number of aryl methyl sites for hydroxylation is 3. The summed E-state index contributed by atoms with van der Waals surface area (Å²) in [4.78, 5) is 26.9. The smallest absolute Gasteiger partial charge is 0.222 e. The summed E-state index contributed by atoms with van der Waals surface area (Å²) in [6, 6.07) is 4.18. The molecular weight excluding hydrogens is 332 g/mol. The van der Waals surface area contributed by atoms with Gasteiger partial charge in [0.15, 0.2) is 0 Å². The maximum Gasteiger partial charge on any atom is 0.222 e. The highest BCUT2D eigenvalue weighted by Gasteiger charge is 2.41. The SMILES string of the molecule is Cc1cc(N2CC3CN(C(=O)CCc4sccc4C)CC3C2)ncn1. The maximum absolute atomic E-state index is 12.6. The van der Waals surface area contributed by atoms with Crippen molar-refractivity contribution in [2.45, 2.75) is 26.7 Å². The predicted molar refractivity (Wildman–Crippen MR) is 99.9 cm³/mol. The number of anilines is 1. The van der Waals surface area contributed by atoms with Crippen LogP contribution in [0.1, 0.15) is 22.6 Å². The number of fused-ring (bicyclic) bond motifs is 1. The van der Waals surface area contributed by atoms with E-state index >= 15 is 0 Å². The lowest BCUT2D eigenvalue weighted by Crippen LogP contribution is -2.33. The van der Waals surface area contributed by atoms with Gasteiger partial charge in [-0.05, 0) is 37.3 Å². The Morgan fingerprint density at radius 3 is 2.60 bits per heavy atom. The molecule has 2 saturated heterocycles. The fraction of sp³-hybridized carbons (Fsp3) is 0.526. The molecule has 2 aromatic heterocycles. The second-order valence-electron chi connectivity index (χ2n) is 7.27. The first-order valence-electron chi connectivity index (χ1n) is 8.94. The zero-order valence-corrected chi connectivity index (χ0v) is 15.6. The minimum absolute atomic E-state index is 0.312. The molecule has 5 nitrogen and oxygen atoms in total. The third-order valence-corrected chi connectivity index (χ3v) is 6.57. The number of aromatic nitrogens is 2. The van der Waals surface area contributed by atoms with Crippen LogP contribution >= 0.6 is 11.3 Å². The summed E-state index contributed by atoms with van der Waals surface area (Å²) < 4.78 is 0. The van der Waals surface area contributed by atoms with E-state index in [1.54, 1.807) is 17.7 Å². The van der Waals surface area contributed by atoms with Crippen LogP contribution in [0.3, 0.4) is 0 Å². The third kappa shape index (κ3) is 3.40. The Hall–Kier alpha value is -1.95. The van der Waals surface area contributed by atoms with E-state index in [0.29, 0.717) is 24.2 Å². The molecule has 0 bridgehead atoms. The van der Waals surface area contributed by atoms with Crippen molar-refractivity contribution < 1.29 is 4.79 Å². The van der Waals surface area contributed by atoms with Crippen molar-refractivity contribution in [3.05, 3.63) is 40.0 Å². The quantitative estimate of drug-likeness (QED) is 0.845. The van der Waals surface area contributed by atoms with E-state index in [-0.39, 0.29) is 0 Å². The van der Waals surface area contributed by atoms with Crippen LogP contribution in [0.5, 0.6) is 0 Å². The summed E-state index contributed by atoms with van der Waals surface area (Å²) >= 11 is 1.76. The topological polar surface area (TPSA) is 49.3 Å². The molecule has 132 valence electrons. The van der Waals surface area contributed by atoms with Crippen LogP contribution in [0.15, 0.2) is 23.8 Å². The lowest BCUT2D eigenvalue weighted by Gasteiger charge is -2.22. The van der Waals surface area contributed by atoms with Crippen molar-refractivity contribution >= 4 is 23.1 Å². The van der Waals surface area contributed by atoms with E-state index in [1.165, 1.54) is 10.4 Å². The number of hydrogen-bond donors (Lipinski definition) is 0. The van der Waals surface area contributed by atoms with Gasteiger partial charge in [-0.1, -0.05) is 0 Å². The molecule has 0 spiro atoms. The number of amides is 1. The minimum atomic E-state index is 0.312. The fourth-order valence-corrected chi connectivity index (χ4v) is 4.95. The molecular formula is C19H24N4OS. The highest BCUT2D eigenvalue weighted by molar-refractivity contribution is 7.10. The summed E-state index contributed by atoms with van der Waals surface area (Å²) in [5, 5.41) is 2.11. The fourth-order valence-electron chi connectivity index (χ4n) is 4.04. The summed E-state index contributed by atoms with van der Waals surface area (Å²) in [6.45, 7) is 7.91. The molecule has 0 saturated carbocycles. The second-order valence-corrected chi connectivity index (χ2v) is 8.27. The van der Waals surface area contributed by atoms with Gasteiger partial charge in [-0.2, -0.15) is 0 Å². The monoisotopic (exact) mass is 356 g/mol. The molecule has 0 aromatic carbocycles. The molecule has 4 rings (SSSR count). The van der Waals surface area contributed by atoms with Gasteiger partial charge in [0.2, 0.25) is 5.91 Å². The van der Waals surface area contributed by atoms with Gasteiger partial charge < -0.3 is 9.80 Å². The van der Waals surface area contributed by atoms with E-state index < -0.39 is 0 Å². The Morgan fingerprint density at radius 1 is 1.20 bits per heavy atom. The van der Waals surface area contributed by atoms with Crippen molar-refractivity contribution in [3.8, 4) is 0 Å². The summed E-state index contributed by atoms with van der Waals surface area (Å²) in [7, 11) is 0. The van der Waals surface area contributed by atoms with Gasteiger partial charge in [-0.15, -0.1) is 11.3 Å². The van der Waals surface area contributed by atoms with Crippen LogP contribution in [0.25, 0.3) is 0 Å². The van der Waals surface area contributed by atoms with Crippen molar-refractivity contribution in [3.63, 3.8) is 0 Å². The molecule has 2 aromatic rings. The number of hydrogen-bond acceptors (Lipinski definition) is 5. The van der Waals surface area contributed by atoms with Crippen LogP contribution in [-0.4, -0.2) is 47.0 Å². The van der Waals surface area contributed by atoms with Gasteiger partial charge in [0, 0.05) is 61.1 Å². The predicted octanol–water partition coefficient (Wildman–Crippen LogP) is 2.68. The molecule has 0 radical (unpaired) electrons. The van der Waals surface area contributed by atoms with E-state index in [0.717, 1.165) is 44.1 Å². The van der Waals surface area contributed by atoms with E-state index in [9.17, 15) is 4.79 Å². The van der Waals surface area contributed by atoms with Crippen molar-refractivity contribution in [2.75, 3.05) is 31.1 Å². The first-order chi connectivity index (χ1) is 12.1. The Kier molecular flexibility index (Phi) is 4.46. The molecule has 4 heterocycles. The van der Waals surface area contributed by atoms with E-state index in [4.69, 9.17) is 0 Å². The lowest BCUT2D eigenvalue weighted by atomic mass is 10.0. The van der Waals surface area contributed by atoms with Gasteiger partial charge >= 0.3 is 0 Å². The average molecular weight is 356 g/mol. The number of carbonyl (C=O) groups is 1. The number of carbonyl (C=O) groups excluding carboxylic acids is 1. The number of nitrogens with zero attached hydrogens (tertiary/aromatic N) is 4. The molecule has 2 atom stereocenters. The van der Waals surface area contributed by atoms with Crippen molar-refractivity contribution in [2.24, 2.45) is 11.8 Å². The standard InChI is InChI=1S/C19H24N4OS/c1-13-5-6-25-17(13)3-4-19(24)23-10-15-8-22(9-16(15)11-23)18-7-14(2)20-12-21-18/h5-7,12,15-16H,3-4,8-11H2,1-2H3. The number of likely N-dealkylation sites (tertiary alicyclic amines) is 1. The third-order valence-electron chi connectivity index (χ3n) is 5.49. The molecule has 1 amide bonds. The molecule has 2 aliphatic heterocycles. The molecule has 6 heteroatoms. The highest BCUT2D eigenvalue weighted by Crippen LogP contribution is 2.33. The Morgan fingerprint density at radius 2 is 1.96 bits per heavy atom. The summed E-state index contributed by atoms with van der Waals surface area (Å²) in [5.74, 6) is 2.48. The van der Waals surface area contributed by atoms with Gasteiger partial charge in [-0.25, -0.2) is 9.97 Å².